The van der Waals surface area contributed by atoms with E-state index >= 15 is 0 Å². The van der Waals surface area contributed by atoms with Gasteiger partial charge in [-0.2, -0.15) is 0 Å². The van der Waals surface area contributed by atoms with E-state index in [2.05, 4.69) is 6.92 Å². The highest BCUT2D eigenvalue weighted by molar-refractivity contribution is 5.75. The Morgan fingerprint density at radius 1 is 1.16 bits per heavy atom. The van der Waals surface area contributed by atoms with E-state index in [1.165, 1.54) is 0 Å². The molecule has 0 aromatic rings. The van der Waals surface area contributed by atoms with Crippen molar-refractivity contribution in [3.63, 3.8) is 0 Å². The van der Waals surface area contributed by atoms with Gasteiger partial charge in [-0.15, -0.1) is 0 Å². The van der Waals surface area contributed by atoms with E-state index in [-0.39, 0.29) is 29.3 Å². The Balaban J connectivity index is 1.75. The quantitative estimate of drug-likeness (QED) is 0.748. The molecule has 1 heterocycles. The molecule has 1 aliphatic heterocycles. The Hall–Kier alpha value is -1.10. The molecule has 0 aromatic carbocycles. The lowest BCUT2D eigenvalue weighted by atomic mass is 9.39. The summed E-state index contributed by atoms with van der Waals surface area (Å²) in [6, 6.07) is 0. The van der Waals surface area contributed by atoms with Crippen molar-refractivity contribution >= 4 is 11.9 Å². The first kappa shape index (κ1) is 17.3. The second-order valence-corrected chi connectivity index (χ2v) is 9.80. The van der Waals surface area contributed by atoms with Gasteiger partial charge in [0.25, 0.3) is 0 Å². The first-order valence-corrected chi connectivity index (χ1v) is 9.76. The Labute approximate surface area is 149 Å². The summed E-state index contributed by atoms with van der Waals surface area (Å²) in [5.74, 6) is -0.321. The van der Waals surface area contributed by atoms with Crippen LogP contribution in [-0.2, 0) is 14.3 Å². The highest BCUT2D eigenvalue weighted by atomic mass is 16.6. The Bertz CT molecular complexity index is 617. The average molecular weight is 350 g/mol. The lowest BCUT2D eigenvalue weighted by molar-refractivity contribution is -0.239. The van der Waals surface area contributed by atoms with Gasteiger partial charge in [0.05, 0.1) is 18.4 Å². The predicted octanol–water partition coefficient (Wildman–Crippen LogP) is 3.14. The van der Waals surface area contributed by atoms with Crippen molar-refractivity contribution in [2.45, 2.75) is 77.2 Å². The van der Waals surface area contributed by atoms with E-state index in [0.717, 1.165) is 44.9 Å². The molecular weight excluding hydrogens is 320 g/mol. The third-order valence-corrected chi connectivity index (χ3v) is 8.61. The fourth-order valence-electron chi connectivity index (χ4n) is 7.62. The normalized spacial score (nSPS) is 51.9. The zero-order valence-corrected chi connectivity index (χ0v) is 15.3. The van der Waals surface area contributed by atoms with Crippen LogP contribution in [0.3, 0.4) is 0 Å². The van der Waals surface area contributed by atoms with Crippen LogP contribution in [0.5, 0.6) is 0 Å². The number of aliphatic carboxylic acids is 1. The van der Waals surface area contributed by atoms with E-state index in [1.54, 1.807) is 0 Å². The second kappa shape index (κ2) is 5.21. The number of fused-ring (bicyclic) bond motifs is 3. The van der Waals surface area contributed by atoms with Crippen molar-refractivity contribution in [2.75, 3.05) is 6.61 Å². The van der Waals surface area contributed by atoms with Crippen LogP contribution in [0.15, 0.2) is 0 Å². The van der Waals surface area contributed by atoms with E-state index in [4.69, 9.17) is 4.74 Å². The van der Waals surface area contributed by atoms with E-state index in [0.29, 0.717) is 18.8 Å². The highest BCUT2D eigenvalue weighted by Crippen LogP contribution is 2.70. The molecule has 4 fully saturated rings. The molecule has 5 nitrogen and oxygen atoms in total. The number of aliphatic hydroxyl groups is 1. The molecule has 5 heteroatoms. The van der Waals surface area contributed by atoms with Crippen LogP contribution in [0.1, 0.15) is 71.6 Å². The molecule has 2 N–H and O–H groups in total. The van der Waals surface area contributed by atoms with Crippen molar-refractivity contribution in [3.8, 4) is 0 Å². The topological polar surface area (TPSA) is 83.8 Å². The molecule has 2 bridgehead atoms. The van der Waals surface area contributed by atoms with Crippen LogP contribution in [0.2, 0.25) is 0 Å². The molecule has 0 amide bonds. The average Bonchev–Trinajstić information content (AvgIpc) is 2.53. The summed E-state index contributed by atoms with van der Waals surface area (Å²) in [6.45, 7) is 4.13. The van der Waals surface area contributed by atoms with Crippen molar-refractivity contribution in [1.82, 2.24) is 0 Å². The molecule has 140 valence electrons. The maximum atomic E-state index is 12.4. The summed E-state index contributed by atoms with van der Waals surface area (Å²) >= 11 is 0. The highest BCUT2D eigenvalue weighted by Gasteiger charge is 2.67. The van der Waals surface area contributed by atoms with E-state index in [1.807, 2.05) is 6.92 Å². The molecule has 4 rings (SSSR count). The maximum absolute atomic E-state index is 12.4. The molecule has 4 aliphatic rings. The van der Waals surface area contributed by atoms with Crippen LogP contribution in [0.25, 0.3) is 0 Å². The summed E-state index contributed by atoms with van der Waals surface area (Å²) in [5, 5.41) is 19.8. The minimum atomic E-state index is -0.695. The minimum absolute atomic E-state index is 0.0388. The number of carbonyl (C=O) groups is 2. The largest absolute Gasteiger partial charge is 0.481 e. The minimum Gasteiger partial charge on any atom is -0.481 e. The van der Waals surface area contributed by atoms with Gasteiger partial charge < -0.3 is 14.9 Å². The van der Waals surface area contributed by atoms with Gasteiger partial charge in [-0.25, -0.2) is 0 Å². The molecule has 3 aliphatic carbocycles. The first-order chi connectivity index (χ1) is 11.7. The number of carboxylic acids is 1. The fraction of sp³-hybridized carbons (Fsp3) is 0.900. The molecule has 6 atom stereocenters. The van der Waals surface area contributed by atoms with E-state index in [9.17, 15) is 19.8 Å². The SMILES string of the molecule is C[C@@]12CCC[C@](C)(C(=O)O)[C@@H]1CC[C@@]13CC(=O)O[C@@](CO)(CC[C@@H]12)C3. The number of carbonyl (C=O) groups excluding carboxylic acids is 1. The molecule has 0 unspecified atom stereocenters. The predicted molar refractivity (Wildman–Crippen MR) is 90.7 cm³/mol. The van der Waals surface area contributed by atoms with Gasteiger partial charge in [0.1, 0.15) is 5.60 Å². The number of rotatable bonds is 2. The Kier molecular flexibility index (Phi) is 3.61. The van der Waals surface area contributed by atoms with Crippen LogP contribution < -0.4 is 0 Å². The van der Waals surface area contributed by atoms with Crippen LogP contribution in [-0.4, -0.2) is 34.4 Å². The van der Waals surface area contributed by atoms with E-state index < -0.39 is 17.0 Å². The van der Waals surface area contributed by atoms with Crippen LogP contribution in [0.4, 0.5) is 0 Å². The number of aliphatic hydroxyl groups excluding tert-OH is 1. The van der Waals surface area contributed by atoms with Gasteiger partial charge in [0, 0.05) is 0 Å². The van der Waals surface area contributed by atoms with Gasteiger partial charge >= 0.3 is 11.9 Å². The molecule has 0 radical (unpaired) electrons. The summed E-state index contributed by atoms with van der Waals surface area (Å²) in [5.41, 5.74) is -1.50. The maximum Gasteiger partial charge on any atom is 0.309 e. The number of esters is 1. The van der Waals surface area contributed by atoms with Gasteiger partial charge in [-0.3, -0.25) is 9.59 Å². The third-order valence-electron chi connectivity index (χ3n) is 8.61. The number of ether oxygens (including phenoxy) is 1. The lowest BCUT2D eigenvalue weighted by Crippen LogP contribution is -2.64. The molecule has 3 saturated carbocycles. The van der Waals surface area contributed by atoms with Crippen molar-refractivity contribution in [2.24, 2.45) is 28.1 Å². The Morgan fingerprint density at radius 2 is 1.88 bits per heavy atom. The zero-order chi connectivity index (χ0) is 18.1. The standard InChI is InChI=1S/C20H30O5/c1-17-6-3-7-18(2,16(23)24)13(17)4-8-19-10-15(22)25-20(11-19,12-21)9-5-14(17)19/h13-14,21H,3-12H2,1-2H3,(H,23,24)/t13-,14-,17-,18+,19+,20+/m1/s1. The molecule has 0 aromatic heterocycles. The smallest absolute Gasteiger partial charge is 0.309 e. The lowest BCUT2D eigenvalue weighted by Gasteiger charge is -2.67. The van der Waals surface area contributed by atoms with Crippen LogP contribution >= 0.6 is 0 Å². The van der Waals surface area contributed by atoms with Gasteiger partial charge in [0.15, 0.2) is 0 Å². The molecule has 1 saturated heterocycles. The summed E-state index contributed by atoms with van der Waals surface area (Å²) < 4.78 is 5.60. The number of carboxylic acid groups (broad SMARTS) is 1. The zero-order valence-electron chi connectivity index (χ0n) is 15.3. The molecule has 25 heavy (non-hydrogen) atoms. The van der Waals surface area contributed by atoms with Gasteiger partial charge in [-0.05, 0) is 74.5 Å². The first-order valence-electron chi connectivity index (χ1n) is 9.76. The van der Waals surface area contributed by atoms with Crippen molar-refractivity contribution in [3.05, 3.63) is 0 Å². The number of hydrogen-bond acceptors (Lipinski definition) is 4. The summed E-state index contributed by atoms with van der Waals surface area (Å²) in [4.78, 5) is 24.5. The van der Waals surface area contributed by atoms with Gasteiger partial charge in [0.2, 0.25) is 0 Å². The van der Waals surface area contributed by atoms with Crippen LogP contribution in [0, 0.1) is 28.1 Å². The molecule has 1 spiro atoms. The molecular formula is C20H30O5. The Morgan fingerprint density at radius 3 is 2.56 bits per heavy atom. The summed E-state index contributed by atoms with van der Waals surface area (Å²) in [6.07, 6.45) is 7.31. The second-order valence-electron chi connectivity index (χ2n) is 9.80. The third kappa shape index (κ3) is 2.17. The fourth-order valence-corrected chi connectivity index (χ4v) is 7.62. The monoisotopic (exact) mass is 350 g/mol. The van der Waals surface area contributed by atoms with Crippen molar-refractivity contribution in [1.29, 1.82) is 0 Å². The van der Waals surface area contributed by atoms with Crippen molar-refractivity contribution < 1.29 is 24.5 Å². The summed E-state index contributed by atoms with van der Waals surface area (Å²) in [7, 11) is 0. The number of hydrogen-bond donors (Lipinski definition) is 2. The van der Waals surface area contributed by atoms with Gasteiger partial charge in [-0.1, -0.05) is 13.3 Å².